The first-order chi connectivity index (χ1) is 19.3. The highest BCUT2D eigenvalue weighted by atomic mass is 35.5. The fourth-order valence-corrected chi connectivity index (χ4v) is 5.68. The zero-order valence-corrected chi connectivity index (χ0v) is 23.7. The molecule has 2 heterocycles. The van der Waals surface area contributed by atoms with E-state index >= 15 is 0 Å². The summed E-state index contributed by atoms with van der Waals surface area (Å²) in [5.41, 5.74) is 7.20. The predicted molar refractivity (Wildman–Crippen MR) is 153 cm³/mol. The molecule has 1 aliphatic heterocycles. The molecule has 1 aliphatic rings. The van der Waals surface area contributed by atoms with E-state index in [-0.39, 0.29) is 17.7 Å². The molecule has 0 radical (unpaired) electrons. The summed E-state index contributed by atoms with van der Waals surface area (Å²) in [4.78, 5) is 19.8. The summed E-state index contributed by atoms with van der Waals surface area (Å²) in [5, 5.41) is 10.4. The highest BCUT2D eigenvalue weighted by molar-refractivity contribution is 6.30. The standard InChI is InChI=1S/C32H33ClN2O5/c1-20-4-6-27(21(2)12-20)32-28-17-30(40-11-9-22-13-24(33)16-26(36)14-22)29(38-3)15-23(28)8-10-35(32)31(37)7-5-25-18-39-19-34-25/h4,6,12-19,32,36H,5,7-11H2,1-3H3. The Balaban J connectivity index is 1.46. The van der Waals surface area contributed by atoms with Crippen LogP contribution in [0.1, 0.15) is 51.5 Å². The number of ether oxygens (including phenoxy) is 2. The number of aromatic hydroxyl groups is 1. The Morgan fingerprint density at radius 3 is 2.67 bits per heavy atom. The van der Waals surface area contributed by atoms with Gasteiger partial charge in [-0.05, 0) is 78.4 Å². The van der Waals surface area contributed by atoms with Gasteiger partial charge < -0.3 is 23.9 Å². The number of carbonyl (C=O) groups excluding carboxylic acids is 1. The summed E-state index contributed by atoms with van der Waals surface area (Å²) >= 11 is 6.10. The fraction of sp³-hybridized carbons (Fsp3) is 0.312. The van der Waals surface area contributed by atoms with Gasteiger partial charge in [0.2, 0.25) is 5.91 Å². The molecule has 1 atom stereocenters. The lowest BCUT2D eigenvalue weighted by Gasteiger charge is -2.39. The molecule has 8 heteroatoms. The summed E-state index contributed by atoms with van der Waals surface area (Å²) in [6, 6.07) is 15.2. The van der Waals surface area contributed by atoms with Gasteiger partial charge in [0, 0.05) is 30.8 Å². The van der Waals surface area contributed by atoms with Crippen molar-refractivity contribution >= 4 is 17.5 Å². The van der Waals surface area contributed by atoms with Crippen molar-refractivity contribution in [3.63, 3.8) is 0 Å². The van der Waals surface area contributed by atoms with Crippen LogP contribution in [0.25, 0.3) is 0 Å². The van der Waals surface area contributed by atoms with Gasteiger partial charge >= 0.3 is 0 Å². The van der Waals surface area contributed by atoms with Crippen molar-refractivity contribution in [1.29, 1.82) is 0 Å². The number of fused-ring (bicyclic) bond motifs is 1. The second kappa shape index (κ2) is 12.0. The highest BCUT2D eigenvalue weighted by Crippen LogP contribution is 2.42. The second-order valence-corrected chi connectivity index (χ2v) is 10.6. The molecule has 1 amide bonds. The van der Waals surface area contributed by atoms with Crippen LogP contribution in [-0.4, -0.2) is 41.2 Å². The van der Waals surface area contributed by atoms with Crippen molar-refractivity contribution < 1.29 is 23.8 Å². The van der Waals surface area contributed by atoms with E-state index in [9.17, 15) is 9.90 Å². The number of methoxy groups -OCH3 is 1. The molecule has 0 aliphatic carbocycles. The van der Waals surface area contributed by atoms with Crippen molar-refractivity contribution in [3.05, 3.63) is 105 Å². The molecule has 208 valence electrons. The number of hydrogen-bond acceptors (Lipinski definition) is 6. The lowest BCUT2D eigenvalue weighted by atomic mass is 9.85. The lowest BCUT2D eigenvalue weighted by molar-refractivity contribution is -0.133. The number of aryl methyl sites for hydroxylation is 3. The maximum Gasteiger partial charge on any atom is 0.223 e. The molecule has 5 rings (SSSR count). The molecule has 4 aromatic rings. The van der Waals surface area contributed by atoms with Gasteiger partial charge in [-0.15, -0.1) is 0 Å². The first kappa shape index (κ1) is 27.6. The molecule has 0 spiro atoms. The summed E-state index contributed by atoms with van der Waals surface area (Å²) in [6.07, 6.45) is 5.11. The normalized spacial score (nSPS) is 14.6. The quantitative estimate of drug-likeness (QED) is 0.255. The fourth-order valence-electron chi connectivity index (χ4n) is 5.43. The van der Waals surface area contributed by atoms with Gasteiger partial charge in [-0.2, -0.15) is 0 Å². The molecule has 0 bridgehead atoms. The first-order valence-corrected chi connectivity index (χ1v) is 13.8. The number of carbonyl (C=O) groups is 1. The lowest BCUT2D eigenvalue weighted by Crippen LogP contribution is -2.41. The topological polar surface area (TPSA) is 85.0 Å². The third kappa shape index (κ3) is 6.10. The van der Waals surface area contributed by atoms with Gasteiger partial charge in [0.25, 0.3) is 0 Å². The minimum Gasteiger partial charge on any atom is -0.508 e. The van der Waals surface area contributed by atoms with Crippen molar-refractivity contribution in [3.8, 4) is 17.2 Å². The van der Waals surface area contributed by atoms with Crippen LogP contribution in [0.2, 0.25) is 5.02 Å². The van der Waals surface area contributed by atoms with E-state index in [2.05, 4.69) is 37.0 Å². The van der Waals surface area contributed by atoms with Gasteiger partial charge in [0.1, 0.15) is 12.0 Å². The van der Waals surface area contributed by atoms with Crippen LogP contribution in [0.15, 0.2) is 65.6 Å². The van der Waals surface area contributed by atoms with Gasteiger partial charge in [-0.3, -0.25) is 4.79 Å². The summed E-state index contributed by atoms with van der Waals surface area (Å²) in [6.45, 7) is 5.13. The van der Waals surface area contributed by atoms with E-state index in [0.29, 0.717) is 55.4 Å². The third-order valence-electron chi connectivity index (χ3n) is 7.36. The summed E-state index contributed by atoms with van der Waals surface area (Å²) < 4.78 is 17.0. The Labute approximate surface area is 239 Å². The number of phenolic OH excluding ortho intramolecular Hbond substituents is 1. The first-order valence-electron chi connectivity index (χ1n) is 13.4. The van der Waals surface area contributed by atoms with Gasteiger partial charge in [0.15, 0.2) is 17.9 Å². The molecule has 3 aromatic carbocycles. The molecule has 1 aromatic heterocycles. The Morgan fingerprint density at radius 1 is 1.10 bits per heavy atom. The zero-order valence-electron chi connectivity index (χ0n) is 22.9. The number of hydrogen-bond donors (Lipinski definition) is 1. The average Bonchev–Trinajstić information content (AvgIpc) is 3.44. The molecular weight excluding hydrogens is 528 g/mol. The number of nitrogens with zero attached hydrogens (tertiary/aromatic N) is 2. The number of oxazole rings is 1. The van der Waals surface area contributed by atoms with E-state index in [4.69, 9.17) is 25.5 Å². The van der Waals surface area contributed by atoms with Crippen molar-refractivity contribution in [1.82, 2.24) is 9.88 Å². The van der Waals surface area contributed by atoms with Crippen LogP contribution in [0.5, 0.6) is 17.2 Å². The van der Waals surface area contributed by atoms with Crippen LogP contribution in [0, 0.1) is 13.8 Å². The van der Waals surface area contributed by atoms with Gasteiger partial charge in [-0.25, -0.2) is 4.98 Å². The number of benzene rings is 3. The Morgan fingerprint density at radius 2 is 1.95 bits per heavy atom. The minimum absolute atomic E-state index is 0.0673. The third-order valence-corrected chi connectivity index (χ3v) is 7.58. The van der Waals surface area contributed by atoms with Gasteiger partial charge in [0.05, 0.1) is 25.5 Å². The van der Waals surface area contributed by atoms with Crippen LogP contribution in [0.3, 0.4) is 0 Å². The van der Waals surface area contributed by atoms with Crippen molar-refractivity contribution in [2.24, 2.45) is 0 Å². The number of aromatic nitrogens is 1. The SMILES string of the molecule is COc1cc2c(cc1OCCc1cc(O)cc(Cl)c1)C(c1ccc(C)cc1C)N(C(=O)CCc1cocn1)CC2. The molecule has 1 N–H and O–H groups in total. The monoisotopic (exact) mass is 560 g/mol. The van der Waals surface area contributed by atoms with E-state index in [1.807, 2.05) is 23.1 Å². The Bertz CT molecular complexity index is 1480. The number of rotatable bonds is 9. The van der Waals surface area contributed by atoms with Crippen molar-refractivity contribution in [2.45, 2.75) is 45.6 Å². The zero-order chi connectivity index (χ0) is 28.2. The average molecular weight is 561 g/mol. The molecule has 0 saturated carbocycles. The van der Waals surface area contributed by atoms with Crippen LogP contribution in [0.4, 0.5) is 0 Å². The summed E-state index contributed by atoms with van der Waals surface area (Å²) in [5.74, 6) is 1.45. The molecule has 7 nitrogen and oxygen atoms in total. The second-order valence-electron chi connectivity index (χ2n) is 10.2. The molecule has 1 unspecified atom stereocenters. The van der Waals surface area contributed by atoms with E-state index in [1.165, 1.54) is 18.0 Å². The predicted octanol–water partition coefficient (Wildman–Crippen LogP) is 6.39. The van der Waals surface area contributed by atoms with E-state index < -0.39 is 0 Å². The minimum atomic E-state index is -0.257. The van der Waals surface area contributed by atoms with E-state index in [0.717, 1.165) is 33.5 Å². The maximum absolute atomic E-state index is 13.6. The van der Waals surface area contributed by atoms with Gasteiger partial charge in [-0.1, -0.05) is 35.4 Å². The Kier molecular flexibility index (Phi) is 8.31. The maximum atomic E-state index is 13.6. The number of phenols is 1. The number of amides is 1. The molecular formula is C32H33ClN2O5. The highest BCUT2D eigenvalue weighted by Gasteiger charge is 2.34. The molecule has 0 fully saturated rings. The molecule has 0 saturated heterocycles. The number of halogens is 1. The Hall–Kier alpha value is -3.97. The van der Waals surface area contributed by atoms with Crippen molar-refractivity contribution in [2.75, 3.05) is 20.3 Å². The van der Waals surface area contributed by atoms with Crippen LogP contribution >= 0.6 is 11.6 Å². The van der Waals surface area contributed by atoms with E-state index in [1.54, 1.807) is 19.4 Å². The smallest absolute Gasteiger partial charge is 0.223 e. The summed E-state index contributed by atoms with van der Waals surface area (Å²) in [7, 11) is 1.63. The largest absolute Gasteiger partial charge is 0.508 e. The van der Waals surface area contributed by atoms with Crippen LogP contribution in [-0.2, 0) is 24.1 Å². The molecule has 40 heavy (non-hydrogen) atoms. The van der Waals surface area contributed by atoms with Crippen LogP contribution < -0.4 is 9.47 Å².